The first kappa shape index (κ1) is 17.0. The fourth-order valence-corrected chi connectivity index (χ4v) is 1.66. The molecule has 1 aromatic rings. The highest BCUT2D eigenvalue weighted by atomic mass is 19.4. The average Bonchev–Trinajstić information content (AvgIpc) is 2.38. The smallest absolute Gasteiger partial charge is 0.422 e. The van der Waals surface area contributed by atoms with E-state index in [9.17, 15) is 22.8 Å². The molecule has 0 saturated heterocycles. The number of benzene rings is 1. The molecule has 0 spiro atoms. The molecule has 1 atom stereocenters. The van der Waals surface area contributed by atoms with Gasteiger partial charge >= 0.3 is 12.1 Å². The molecule has 116 valence electrons. The fraction of sp³-hybridized carbons (Fsp3) is 0.385. The molecule has 5 nitrogen and oxygen atoms in total. The Hall–Kier alpha value is -2.09. The quantitative estimate of drug-likeness (QED) is 0.765. The summed E-state index contributed by atoms with van der Waals surface area (Å²) in [5.74, 6) is -3.29. The van der Waals surface area contributed by atoms with Gasteiger partial charge in [-0.15, -0.1) is 0 Å². The molecule has 0 heterocycles. The van der Waals surface area contributed by atoms with E-state index in [0.29, 0.717) is 18.9 Å². The van der Waals surface area contributed by atoms with Crippen LogP contribution in [0.1, 0.15) is 22.8 Å². The number of rotatable bonds is 5. The van der Waals surface area contributed by atoms with E-state index < -0.39 is 23.6 Å². The van der Waals surface area contributed by atoms with Crippen LogP contribution in [0.3, 0.4) is 0 Å². The van der Waals surface area contributed by atoms with Crippen molar-refractivity contribution < 1.29 is 27.9 Å². The highest BCUT2D eigenvalue weighted by Crippen LogP contribution is 2.30. The predicted molar refractivity (Wildman–Crippen MR) is 68.8 cm³/mol. The van der Waals surface area contributed by atoms with Gasteiger partial charge in [0.2, 0.25) is 5.54 Å². The molecule has 4 N–H and O–H groups in total. The van der Waals surface area contributed by atoms with Gasteiger partial charge in [-0.3, -0.25) is 4.79 Å². The number of alkyl halides is 3. The first-order valence-electron chi connectivity index (χ1n) is 6.04. The number of carbonyl (C=O) groups is 2. The van der Waals surface area contributed by atoms with E-state index in [4.69, 9.17) is 10.8 Å². The standard InChI is InChI=1S/C13H15F3N2O3/c1-12(11(20)21,13(14,15)16)18-10(19)9-5-3-2-4-8(9)6-7-17/h2-5H,6-7,17H2,1H3,(H,18,19)(H,20,21). The van der Waals surface area contributed by atoms with Crippen molar-refractivity contribution in [2.24, 2.45) is 5.73 Å². The van der Waals surface area contributed by atoms with Crippen molar-refractivity contribution in [1.29, 1.82) is 0 Å². The summed E-state index contributed by atoms with van der Waals surface area (Å²) in [5.41, 5.74) is 2.43. The Morgan fingerprint density at radius 2 is 1.86 bits per heavy atom. The van der Waals surface area contributed by atoms with Gasteiger partial charge in [0, 0.05) is 5.56 Å². The molecule has 8 heteroatoms. The number of nitrogens with one attached hydrogen (secondary N) is 1. The number of nitrogens with two attached hydrogens (primary N) is 1. The zero-order chi connectivity index (χ0) is 16.3. The second-order valence-corrected chi connectivity index (χ2v) is 4.58. The molecular formula is C13H15F3N2O3. The van der Waals surface area contributed by atoms with Crippen molar-refractivity contribution in [2.75, 3.05) is 6.54 Å². The SMILES string of the molecule is CC(NC(=O)c1ccccc1CCN)(C(=O)O)C(F)(F)F. The van der Waals surface area contributed by atoms with E-state index in [1.165, 1.54) is 12.1 Å². The molecule has 0 bridgehead atoms. The number of amides is 1. The van der Waals surface area contributed by atoms with Crippen LogP contribution in [0, 0.1) is 0 Å². The van der Waals surface area contributed by atoms with E-state index in [0.717, 1.165) is 0 Å². The summed E-state index contributed by atoms with van der Waals surface area (Å²) in [6.07, 6.45) is -4.84. The topological polar surface area (TPSA) is 92.4 Å². The van der Waals surface area contributed by atoms with Gasteiger partial charge in [-0.1, -0.05) is 18.2 Å². The van der Waals surface area contributed by atoms with Gasteiger partial charge in [-0.25, -0.2) is 4.79 Å². The number of hydrogen-bond donors (Lipinski definition) is 3. The molecular weight excluding hydrogens is 289 g/mol. The molecule has 1 amide bonds. The molecule has 0 fully saturated rings. The second kappa shape index (κ2) is 6.13. The Kier molecular flexibility index (Phi) is 4.95. The summed E-state index contributed by atoms with van der Waals surface area (Å²) >= 11 is 0. The number of carboxylic acid groups (broad SMARTS) is 1. The number of carboxylic acids is 1. The molecule has 0 saturated carbocycles. The van der Waals surface area contributed by atoms with Gasteiger partial charge in [0.05, 0.1) is 0 Å². The molecule has 0 aliphatic rings. The van der Waals surface area contributed by atoms with Crippen molar-refractivity contribution in [1.82, 2.24) is 5.32 Å². The molecule has 21 heavy (non-hydrogen) atoms. The van der Waals surface area contributed by atoms with Crippen LogP contribution in [0.25, 0.3) is 0 Å². The first-order chi connectivity index (χ1) is 9.63. The molecule has 0 aliphatic heterocycles. The van der Waals surface area contributed by atoms with Gasteiger partial charge in [0.25, 0.3) is 5.91 Å². The highest BCUT2D eigenvalue weighted by molar-refractivity contribution is 5.99. The summed E-state index contributed by atoms with van der Waals surface area (Å²) in [4.78, 5) is 22.9. The van der Waals surface area contributed by atoms with Gasteiger partial charge in [-0.05, 0) is 31.5 Å². The Labute approximate surface area is 118 Å². The third kappa shape index (κ3) is 3.52. The number of halogens is 3. The highest BCUT2D eigenvalue weighted by Gasteiger charge is 2.58. The summed E-state index contributed by atoms with van der Waals surface area (Å²) in [6.45, 7) is 0.610. The molecule has 0 aliphatic carbocycles. The van der Waals surface area contributed by atoms with Crippen LogP contribution in [-0.4, -0.2) is 35.2 Å². The minimum absolute atomic E-state index is 0.0281. The van der Waals surface area contributed by atoms with Crippen LogP contribution in [0.15, 0.2) is 24.3 Å². The Balaban J connectivity index is 3.13. The molecule has 1 unspecified atom stereocenters. The van der Waals surface area contributed by atoms with Crippen LogP contribution >= 0.6 is 0 Å². The minimum Gasteiger partial charge on any atom is -0.479 e. The van der Waals surface area contributed by atoms with Crippen molar-refractivity contribution in [3.8, 4) is 0 Å². The van der Waals surface area contributed by atoms with Gasteiger partial charge in [0.15, 0.2) is 0 Å². The van der Waals surface area contributed by atoms with Crippen molar-refractivity contribution in [2.45, 2.75) is 25.1 Å². The number of hydrogen-bond acceptors (Lipinski definition) is 3. The van der Waals surface area contributed by atoms with Crippen LogP contribution < -0.4 is 11.1 Å². The third-order valence-electron chi connectivity index (χ3n) is 3.03. The van der Waals surface area contributed by atoms with Crippen LogP contribution in [-0.2, 0) is 11.2 Å². The Bertz CT molecular complexity index is 546. The van der Waals surface area contributed by atoms with Crippen LogP contribution in [0.2, 0.25) is 0 Å². The zero-order valence-electron chi connectivity index (χ0n) is 11.2. The monoisotopic (exact) mass is 304 g/mol. The summed E-state index contributed by atoms with van der Waals surface area (Å²) < 4.78 is 38.6. The normalized spacial score (nSPS) is 14.3. The third-order valence-corrected chi connectivity index (χ3v) is 3.03. The Morgan fingerprint density at radius 1 is 1.29 bits per heavy atom. The maximum atomic E-state index is 12.9. The van der Waals surface area contributed by atoms with Gasteiger partial charge < -0.3 is 16.2 Å². The summed E-state index contributed by atoms with van der Waals surface area (Å²) in [5, 5.41) is 10.3. The van der Waals surface area contributed by atoms with Crippen molar-refractivity contribution in [3.63, 3.8) is 0 Å². The van der Waals surface area contributed by atoms with Gasteiger partial charge in [0.1, 0.15) is 0 Å². The van der Waals surface area contributed by atoms with Crippen LogP contribution in [0.5, 0.6) is 0 Å². The summed E-state index contributed by atoms with van der Waals surface area (Å²) in [7, 11) is 0. The fourth-order valence-electron chi connectivity index (χ4n) is 1.66. The number of carbonyl (C=O) groups excluding carboxylic acids is 1. The van der Waals surface area contributed by atoms with Crippen molar-refractivity contribution >= 4 is 11.9 Å². The van der Waals surface area contributed by atoms with E-state index in [2.05, 4.69) is 0 Å². The van der Waals surface area contributed by atoms with E-state index >= 15 is 0 Å². The maximum absolute atomic E-state index is 12.9. The lowest BCUT2D eigenvalue weighted by molar-refractivity contribution is -0.203. The maximum Gasteiger partial charge on any atom is 0.422 e. The molecule has 0 radical (unpaired) electrons. The van der Waals surface area contributed by atoms with Crippen molar-refractivity contribution in [3.05, 3.63) is 35.4 Å². The molecule has 0 aromatic heterocycles. The van der Waals surface area contributed by atoms with E-state index in [-0.39, 0.29) is 12.1 Å². The lowest BCUT2D eigenvalue weighted by Gasteiger charge is -2.28. The second-order valence-electron chi connectivity index (χ2n) is 4.58. The Morgan fingerprint density at radius 3 is 2.33 bits per heavy atom. The number of aliphatic carboxylic acids is 1. The minimum atomic E-state index is -5.13. The predicted octanol–water partition coefficient (Wildman–Crippen LogP) is 1.32. The molecule has 1 aromatic carbocycles. The van der Waals surface area contributed by atoms with Crippen LogP contribution in [0.4, 0.5) is 13.2 Å². The van der Waals surface area contributed by atoms with E-state index in [1.54, 1.807) is 17.4 Å². The average molecular weight is 304 g/mol. The first-order valence-corrected chi connectivity index (χ1v) is 6.04. The largest absolute Gasteiger partial charge is 0.479 e. The zero-order valence-corrected chi connectivity index (χ0v) is 11.2. The van der Waals surface area contributed by atoms with E-state index in [1.807, 2.05) is 0 Å². The lowest BCUT2D eigenvalue weighted by Crippen LogP contribution is -2.62. The summed E-state index contributed by atoms with van der Waals surface area (Å²) in [6, 6.07) is 5.95. The molecule has 1 rings (SSSR count). The van der Waals surface area contributed by atoms with Gasteiger partial charge in [-0.2, -0.15) is 13.2 Å². The lowest BCUT2D eigenvalue weighted by atomic mass is 9.99.